The summed E-state index contributed by atoms with van der Waals surface area (Å²) in [7, 11) is -3.67. The first-order valence-electron chi connectivity index (χ1n) is 6.72. The average Bonchev–Trinajstić information content (AvgIpc) is 2.29. The van der Waals surface area contributed by atoms with E-state index >= 15 is 0 Å². The maximum absolute atomic E-state index is 9.19. The first kappa shape index (κ1) is 18.1. The predicted molar refractivity (Wildman–Crippen MR) is 77.6 cm³/mol. The highest BCUT2D eigenvalue weighted by Crippen LogP contribution is 2.02. The van der Waals surface area contributed by atoms with Gasteiger partial charge < -0.3 is 0 Å². The number of aromatic nitrogens is 1. The molecule has 5 heteroatoms. The summed E-state index contributed by atoms with van der Waals surface area (Å²) in [6.07, 6.45) is 9.69. The Hall–Kier alpha value is -0.940. The van der Waals surface area contributed by atoms with E-state index in [0.29, 0.717) is 6.26 Å². The van der Waals surface area contributed by atoms with Gasteiger partial charge in [-0.2, -0.15) is 8.42 Å². The first-order valence-corrected chi connectivity index (χ1v) is 8.57. The van der Waals surface area contributed by atoms with Crippen molar-refractivity contribution in [2.75, 3.05) is 6.26 Å². The zero-order valence-corrected chi connectivity index (χ0v) is 13.0. The van der Waals surface area contributed by atoms with Gasteiger partial charge in [-0.25, -0.2) is 4.57 Å². The molecule has 1 aromatic heterocycles. The first-order chi connectivity index (χ1) is 8.84. The van der Waals surface area contributed by atoms with Crippen LogP contribution in [0.4, 0.5) is 0 Å². The Kier molecular flexibility index (Phi) is 9.43. The van der Waals surface area contributed by atoms with Crippen LogP contribution >= 0.6 is 0 Å². The molecule has 0 fully saturated rings. The van der Waals surface area contributed by atoms with Crippen LogP contribution in [0, 0.1) is 6.92 Å². The Balaban J connectivity index is 0.000000555. The molecule has 0 amide bonds. The number of hydrogen-bond donors (Lipinski definition) is 1. The number of unbranched alkanes of at least 4 members (excludes halogenated alkanes) is 4. The van der Waals surface area contributed by atoms with E-state index in [9.17, 15) is 8.42 Å². The van der Waals surface area contributed by atoms with Crippen molar-refractivity contribution < 1.29 is 17.5 Å². The molecule has 4 nitrogen and oxygen atoms in total. The van der Waals surface area contributed by atoms with E-state index in [2.05, 4.69) is 42.8 Å². The summed E-state index contributed by atoms with van der Waals surface area (Å²) in [6, 6.07) is 6.38. The van der Waals surface area contributed by atoms with Crippen LogP contribution in [-0.2, 0) is 16.7 Å². The second kappa shape index (κ2) is 9.92. The molecule has 0 spiro atoms. The summed E-state index contributed by atoms with van der Waals surface area (Å²) in [5, 5.41) is 0. The normalized spacial score (nSPS) is 10.7. The van der Waals surface area contributed by atoms with E-state index in [1.807, 2.05) is 0 Å². The zero-order chi connectivity index (χ0) is 14.7. The second-order valence-electron chi connectivity index (χ2n) is 4.68. The Morgan fingerprint density at radius 3 is 2.26 bits per heavy atom. The monoisotopic (exact) mass is 288 g/mol. The molecule has 0 saturated heterocycles. The Morgan fingerprint density at radius 2 is 1.74 bits per heavy atom. The maximum Gasteiger partial charge on any atom is 0.261 e. The molecule has 0 saturated carbocycles. The summed E-state index contributed by atoms with van der Waals surface area (Å²) < 4.78 is 28.2. The van der Waals surface area contributed by atoms with E-state index in [1.54, 1.807) is 0 Å². The minimum atomic E-state index is -3.67. The van der Waals surface area contributed by atoms with Crippen LogP contribution < -0.4 is 4.57 Å². The third-order valence-electron chi connectivity index (χ3n) is 2.67. The van der Waals surface area contributed by atoms with E-state index in [0.717, 1.165) is 0 Å². The SMILES string of the molecule is CCCCCCC[n+]1ccccc1C.CS(=O)(=O)O. The van der Waals surface area contributed by atoms with Gasteiger partial charge in [0.25, 0.3) is 10.1 Å². The van der Waals surface area contributed by atoms with Crippen LogP contribution in [0.5, 0.6) is 0 Å². The van der Waals surface area contributed by atoms with Crippen molar-refractivity contribution >= 4 is 10.1 Å². The maximum atomic E-state index is 9.19. The van der Waals surface area contributed by atoms with Crippen LogP contribution in [0.2, 0.25) is 0 Å². The lowest BCUT2D eigenvalue weighted by atomic mass is 10.1. The number of pyridine rings is 1. The van der Waals surface area contributed by atoms with E-state index in [-0.39, 0.29) is 0 Å². The summed E-state index contributed by atoms with van der Waals surface area (Å²) in [5.74, 6) is 0. The van der Waals surface area contributed by atoms with Crippen molar-refractivity contribution in [3.63, 3.8) is 0 Å². The molecule has 1 N–H and O–H groups in total. The topological polar surface area (TPSA) is 58.2 Å². The van der Waals surface area contributed by atoms with Crippen LogP contribution in [0.15, 0.2) is 24.4 Å². The Labute approximate surface area is 117 Å². The lowest BCUT2D eigenvalue weighted by Gasteiger charge is -2.00. The Morgan fingerprint density at radius 1 is 1.16 bits per heavy atom. The quantitative estimate of drug-likeness (QED) is 0.497. The van der Waals surface area contributed by atoms with Crippen molar-refractivity contribution in [3.8, 4) is 0 Å². The molecule has 0 atom stereocenters. The van der Waals surface area contributed by atoms with Crippen molar-refractivity contribution in [3.05, 3.63) is 30.1 Å². The van der Waals surface area contributed by atoms with Gasteiger partial charge in [0.2, 0.25) is 0 Å². The molecule has 0 bridgehead atoms. The second-order valence-corrected chi connectivity index (χ2v) is 6.15. The third-order valence-corrected chi connectivity index (χ3v) is 2.67. The molecule has 19 heavy (non-hydrogen) atoms. The highest BCUT2D eigenvalue weighted by Gasteiger charge is 2.02. The molecule has 1 aromatic rings. The van der Waals surface area contributed by atoms with Crippen molar-refractivity contribution in [2.45, 2.75) is 52.5 Å². The molecule has 0 aliphatic carbocycles. The fraction of sp³-hybridized carbons (Fsp3) is 0.643. The molecule has 1 heterocycles. The van der Waals surface area contributed by atoms with Crippen molar-refractivity contribution in [1.29, 1.82) is 0 Å². The van der Waals surface area contributed by atoms with Gasteiger partial charge in [0.1, 0.15) is 6.54 Å². The standard InChI is InChI=1S/C13H22N.CH4O3S/c1-3-4-5-6-8-11-14-12-9-7-10-13(14)2;1-5(2,3)4/h7,9-10,12H,3-6,8,11H2,1-2H3;1H3,(H,2,3,4)/q+1;. The summed E-state index contributed by atoms with van der Waals surface area (Å²) >= 11 is 0. The summed E-state index contributed by atoms with van der Waals surface area (Å²) in [5.41, 5.74) is 1.36. The molecular weight excluding hydrogens is 262 g/mol. The fourth-order valence-electron chi connectivity index (χ4n) is 1.70. The van der Waals surface area contributed by atoms with Gasteiger partial charge in [0.05, 0.1) is 6.26 Å². The van der Waals surface area contributed by atoms with Crippen LogP contribution in [-0.4, -0.2) is 19.2 Å². The van der Waals surface area contributed by atoms with E-state index in [1.165, 1.54) is 44.3 Å². The van der Waals surface area contributed by atoms with Crippen LogP contribution in [0.25, 0.3) is 0 Å². The molecule has 0 aliphatic heterocycles. The smallest absolute Gasteiger partial charge is 0.261 e. The summed E-state index contributed by atoms with van der Waals surface area (Å²) in [6.45, 7) is 5.61. The summed E-state index contributed by atoms with van der Waals surface area (Å²) in [4.78, 5) is 0. The average molecular weight is 288 g/mol. The molecular formula is C14H26NO3S+. The third kappa shape index (κ3) is 13.3. The van der Waals surface area contributed by atoms with Gasteiger partial charge >= 0.3 is 0 Å². The van der Waals surface area contributed by atoms with E-state index < -0.39 is 10.1 Å². The predicted octanol–water partition coefficient (Wildman–Crippen LogP) is 2.76. The minimum Gasteiger partial charge on any atom is -0.286 e. The van der Waals surface area contributed by atoms with Gasteiger partial charge in [0.15, 0.2) is 11.9 Å². The van der Waals surface area contributed by atoms with Crippen LogP contribution in [0.1, 0.15) is 44.7 Å². The number of hydrogen-bond acceptors (Lipinski definition) is 2. The molecule has 0 radical (unpaired) electrons. The van der Waals surface area contributed by atoms with Crippen molar-refractivity contribution in [2.24, 2.45) is 0 Å². The highest BCUT2D eigenvalue weighted by molar-refractivity contribution is 7.85. The zero-order valence-electron chi connectivity index (χ0n) is 12.2. The van der Waals surface area contributed by atoms with Gasteiger partial charge in [-0.1, -0.05) is 32.3 Å². The van der Waals surface area contributed by atoms with Gasteiger partial charge in [0, 0.05) is 25.5 Å². The fourth-order valence-corrected chi connectivity index (χ4v) is 1.70. The number of aryl methyl sites for hydroxylation is 2. The lowest BCUT2D eigenvalue weighted by molar-refractivity contribution is -0.703. The van der Waals surface area contributed by atoms with Crippen LogP contribution in [0.3, 0.4) is 0 Å². The molecule has 0 aromatic carbocycles. The minimum absolute atomic E-state index is 0.715. The van der Waals surface area contributed by atoms with Crippen molar-refractivity contribution in [1.82, 2.24) is 0 Å². The van der Waals surface area contributed by atoms with Gasteiger partial charge in [-0.05, 0) is 6.42 Å². The number of rotatable bonds is 6. The largest absolute Gasteiger partial charge is 0.286 e. The number of nitrogens with zero attached hydrogens (tertiary/aromatic N) is 1. The molecule has 0 aliphatic rings. The Bertz CT molecular complexity index is 436. The van der Waals surface area contributed by atoms with Gasteiger partial charge in [-0.15, -0.1) is 0 Å². The molecule has 0 unspecified atom stereocenters. The van der Waals surface area contributed by atoms with E-state index in [4.69, 9.17) is 4.55 Å². The molecule has 110 valence electrons. The highest BCUT2D eigenvalue weighted by atomic mass is 32.2. The lowest BCUT2D eigenvalue weighted by Crippen LogP contribution is -2.36. The van der Waals surface area contributed by atoms with Gasteiger partial charge in [-0.3, -0.25) is 4.55 Å². The molecule has 1 rings (SSSR count).